The van der Waals surface area contributed by atoms with Gasteiger partial charge in [0.2, 0.25) is 0 Å². The summed E-state index contributed by atoms with van der Waals surface area (Å²) < 4.78 is 11.0. The summed E-state index contributed by atoms with van der Waals surface area (Å²) >= 11 is 0. The van der Waals surface area contributed by atoms with Crippen LogP contribution in [0.2, 0.25) is 0 Å². The lowest BCUT2D eigenvalue weighted by molar-refractivity contribution is -0.110. The van der Waals surface area contributed by atoms with Gasteiger partial charge in [-0.2, -0.15) is 0 Å². The third-order valence-electron chi connectivity index (χ3n) is 9.29. The molecular formula is C49H55N3O5. The number of nitrogens with zero attached hydrogens (tertiary/aromatic N) is 2. The van der Waals surface area contributed by atoms with Gasteiger partial charge in [0.1, 0.15) is 30.9 Å². The first kappa shape index (κ1) is 43.5. The summed E-state index contributed by atoms with van der Waals surface area (Å²) in [5.41, 5.74) is 7.97. The third kappa shape index (κ3) is 13.8. The molecule has 5 aromatic rings. The quantitative estimate of drug-likeness (QED) is 0.0503. The van der Waals surface area contributed by atoms with Crippen LogP contribution in [-0.4, -0.2) is 49.1 Å². The van der Waals surface area contributed by atoms with Crippen molar-refractivity contribution in [2.75, 3.05) is 25.6 Å². The van der Waals surface area contributed by atoms with Crippen LogP contribution in [0.3, 0.4) is 0 Å². The maximum Gasteiger partial charge on any atom is 0.270 e. The molecule has 0 spiro atoms. The Hall–Kier alpha value is -6.25. The fourth-order valence-corrected chi connectivity index (χ4v) is 6.24. The van der Waals surface area contributed by atoms with E-state index in [1.54, 1.807) is 18.5 Å². The number of allylic oxidation sites excluding steroid dienone is 2. The predicted octanol–water partition coefficient (Wildman–Crippen LogP) is 9.46. The summed E-state index contributed by atoms with van der Waals surface area (Å²) in [5, 5.41) is 13.1. The maximum atomic E-state index is 12.4. The van der Waals surface area contributed by atoms with Gasteiger partial charge in [0.15, 0.2) is 0 Å². The van der Waals surface area contributed by atoms with Crippen molar-refractivity contribution in [2.45, 2.75) is 51.9 Å². The Kier molecular flexibility index (Phi) is 17.5. The van der Waals surface area contributed by atoms with Gasteiger partial charge in [-0.25, -0.2) is 0 Å². The van der Waals surface area contributed by atoms with Crippen molar-refractivity contribution in [3.8, 4) is 5.75 Å². The van der Waals surface area contributed by atoms with E-state index in [9.17, 15) is 14.7 Å². The number of benzene rings is 4. The molecule has 296 valence electrons. The Bertz CT molecular complexity index is 2080. The van der Waals surface area contributed by atoms with Crippen LogP contribution in [0.1, 0.15) is 69.7 Å². The molecule has 1 amide bonds. The standard InChI is InChI=1S/C19H20O2.C17H19N3O2.C13H16O/c1-2-13-20-14-7-11-17-10-6-12-19(15-17)21-16-18-8-4-3-5-9-18;1-20(2)12-7-8-18-14(10-12)17(22)19-16-13-6-4-3-5-11(13)9-15(16)21;1-4-13(11(3)9-14)12-7-5-6-10(2)8-12/h2-13,15H,14,16H2,1H3;3-8,10,15-16,21H,9H2,1-2H3,(H,19,22);4-9,11,13H,1H2,2-3H3/b11-7+,13-2+;;/t;15-,16+;11-,13?/m.00/s1. The zero-order valence-corrected chi connectivity index (χ0v) is 33.6. The van der Waals surface area contributed by atoms with Gasteiger partial charge in [-0.3, -0.25) is 9.78 Å². The molecule has 1 aliphatic carbocycles. The minimum absolute atomic E-state index is 0.00528. The average molecular weight is 766 g/mol. The van der Waals surface area contributed by atoms with Crippen molar-refractivity contribution in [1.29, 1.82) is 0 Å². The lowest BCUT2D eigenvalue weighted by Gasteiger charge is -2.18. The van der Waals surface area contributed by atoms with Crippen molar-refractivity contribution < 1.29 is 24.2 Å². The smallest absolute Gasteiger partial charge is 0.270 e. The molecule has 0 saturated heterocycles. The Balaban J connectivity index is 0.000000195. The second-order valence-electron chi connectivity index (χ2n) is 13.9. The number of carbonyl (C=O) groups is 2. The van der Waals surface area contributed by atoms with Gasteiger partial charge in [-0.15, -0.1) is 6.58 Å². The SMILES string of the molecule is C/C=C/OC/C=C/c1cccc(OCc2ccccc2)c1.C=CC(c1cccc(C)c1)[C@@H](C)C=O.CN(C)c1ccnc(C(=O)N[C@@H]2c3ccccc3C[C@@H]2O)c1. The second-order valence-corrected chi connectivity index (χ2v) is 13.9. The normalized spacial score (nSPS) is 15.2. The summed E-state index contributed by atoms with van der Waals surface area (Å²) in [5.74, 6) is 0.724. The van der Waals surface area contributed by atoms with E-state index in [2.05, 4.69) is 48.1 Å². The number of aliphatic hydroxyl groups is 1. The molecule has 57 heavy (non-hydrogen) atoms. The van der Waals surface area contributed by atoms with Crippen LogP contribution >= 0.6 is 0 Å². The number of hydrogen-bond acceptors (Lipinski definition) is 7. The molecule has 1 aromatic heterocycles. The van der Waals surface area contributed by atoms with E-state index >= 15 is 0 Å². The number of hydrogen-bond donors (Lipinski definition) is 2. The number of ether oxygens (including phenoxy) is 2. The molecule has 0 fully saturated rings. The van der Waals surface area contributed by atoms with Gasteiger partial charge >= 0.3 is 0 Å². The molecular weight excluding hydrogens is 711 g/mol. The van der Waals surface area contributed by atoms with E-state index in [4.69, 9.17) is 9.47 Å². The van der Waals surface area contributed by atoms with Gasteiger partial charge in [-0.05, 0) is 72.0 Å². The number of amides is 1. The second kappa shape index (κ2) is 23.0. The lowest BCUT2D eigenvalue weighted by atomic mass is 9.88. The first-order valence-corrected chi connectivity index (χ1v) is 19.1. The monoisotopic (exact) mass is 765 g/mol. The van der Waals surface area contributed by atoms with E-state index in [-0.39, 0.29) is 23.8 Å². The van der Waals surface area contributed by atoms with E-state index in [0.717, 1.165) is 40.0 Å². The molecule has 1 unspecified atom stereocenters. The molecule has 4 aromatic carbocycles. The summed E-state index contributed by atoms with van der Waals surface area (Å²) in [7, 11) is 3.82. The van der Waals surface area contributed by atoms with E-state index in [1.807, 2.05) is 142 Å². The predicted molar refractivity (Wildman–Crippen MR) is 231 cm³/mol. The Labute approximate surface area is 338 Å². The summed E-state index contributed by atoms with van der Waals surface area (Å²) in [4.78, 5) is 29.2. The number of nitrogens with one attached hydrogen (secondary N) is 1. The minimum Gasteiger partial charge on any atom is -0.497 e. The number of aliphatic hydroxyl groups excluding tert-OH is 1. The molecule has 0 aliphatic heterocycles. The Morgan fingerprint density at radius 3 is 2.46 bits per heavy atom. The van der Waals surface area contributed by atoms with Crippen LogP contribution in [0.15, 0.2) is 153 Å². The van der Waals surface area contributed by atoms with Crippen LogP contribution in [0.4, 0.5) is 5.69 Å². The number of aromatic nitrogens is 1. The molecule has 1 heterocycles. The number of aryl methyl sites for hydroxylation is 1. The molecule has 8 heteroatoms. The van der Waals surface area contributed by atoms with Gasteiger partial charge in [-0.1, -0.05) is 122 Å². The Morgan fingerprint density at radius 2 is 1.74 bits per heavy atom. The highest BCUT2D eigenvalue weighted by Gasteiger charge is 2.32. The number of fused-ring (bicyclic) bond motifs is 1. The maximum absolute atomic E-state index is 12.4. The van der Waals surface area contributed by atoms with Crippen molar-refractivity contribution in [3.05, 3.63) is 192 Å². The topological polar surface area (TPSA) is 101 Å². The van der Waals surface area contributed by atoms with Gasteiger partial charge in [0, 0.05) is 44.2 Å². The first-order valence-electron chi connectivity index (χ1n) is 19.1. The highest BCUT2D eigenvalue weighted by Crippen LogP contribution is 2.31. The number of rotatable bonds is 14. The molecule has 4 atom stereocenters. The van der Waals surface area contributed by atoms with Crippen LogP contribution in [0, 0.1) is 12.8 Å². The van der Waals surface area contributed by atoms with E-state index < -0.39 is 6.10 Å². The molecule has 0 radical (unpaired) electrons. The van der Waals surface area contributed by atoms with Crippen LogP contribution < -0.4 is 15.0 Å². The lowest BCUT2D eigenvalue weighted by Crippen LogP contribution is -2.34. The minimum atomic E-state index is -0.599. The molecule has 2 N–H and O–H groups in total. The van der Waals surface area contributed by atoms with Gasteiger partial charge in [0.25, 0.3) is 5.91 Å². The molecule has 1 aliphatic rings. The highest BCUT2D eigenvalue weighted by molar-refractivity contribution is 5.93. The van der Waals surface area contributed by atoms with Gasteiger partial charge < -0.3 is 29.6 Å². The summed E-state index contributed by atoms with van der Waals surface area (Å²) in [6.45, 7) is 10.8. The Morgan fingerprint density at radius 1 is 0.982 bits per heavy atom. The van der Waals surface area contributed by atoms with E-state index in [0.29, 0.717) is 25.3 Å². The fourth-order valence-electron chi connectivity index (χ4n) is 6.24. The zero-order valence-electron chi connectivity index (χ0n) is 33.6. The summed E-state index contributed by atoms with van der Waals surface area (Å²) in [6.07, 6.45) is 12.0. The average Bonchev–Trinajstić information content (AvgIpc) is 3.55. The van der Waals surface area contributed by atoms with Crippen LogP contribution in [0.25, 0.3) is 6.08 Å². The van der Waals surface area contributed by atoms with Crippen molar-refractivity contribution in [1.82, 2.24) is 10.3 Å². The zero-order chi connectivity index (χ0) is 41.0. The summed E-state index contributed by atoms with van der Waals surface area (Å²) in [6, 6.07) is 37.4. The first-order chi connectivity index (χ1) is 27.6. The third-order valence-corrected chi connectivity index (χ3v) is 9.29. The van der Waals surface area contributed by atoms with Crippen LogP contribution in [0.5, 0.6) is 5.75 Å². The van der Waals surface area contributed by atoms with Crippen molar-refractivity contribution in [2.24, 2.45) is 5.92 Å². The van der Waals surface area contributed by atoms with Crippen molar-refractivity contribution in [3.63, 3.8) is 0 Å². The molecule has 0 saturated carbocycles. The van der Waals surface area contributed by atoms with Crippen LogP contribution in [-0.2, 0) is 22.6 Å². The van der Waals surface area contributed by atoms with E-state index in [1.165, 1.54) is 11.1 Å². The highest BCUT2D eigenvalue weighted by atomic mass is 16.5. The largest absolute Gasteiger partial charge is 0.497 e. The number of pyridine rings is 1. The number of carbonyl (C=O) groups excluding carboxylic acids is 2. The fraction of sp³-hybridized carbons (Fsp3) is 0.245. The number of anilines is 1. The number of aldehydes is 1. The molecule has 0 bridgehead atoms. The van der Waals surface area contributed by atoms with Crippen molar-refractivity contribution >= 4 is 24.0 Å². The molecule has 6 rings (SSSR count). The van der Waals surface area contributed by atoms with Gasteiger partial charge in [0.05, 0.1) is 18.4 Å². The molecule has 8 nitrogen and oxygen atoms in total.